The summed E-state index contributed by atoms with van der Waals surface area (Å²) >= 11 is 0. The summed E-state index contributed by atoms with van der Waals surface area (Å²) in [4.78, 5) is 2.58. The van der Waals surface area contributed by atoms with Gasteiger partial charge in [0.25, 0.3) is 0 Å². The Hall–Kier alpha value is -0.120. The van der Waals surface area contributed by atoms with Crippen LogP contribution in [-0.2, 0) is 4.74 Å². The maximum absolute atomic E-state index is 6.24. The third-order valence-electron chi connectivity index (χ3n) is 5.24. The molecule has 2 rings (SSSR count). The van der Waals surface area contributed by atoms with E-state index in [0.717, 1.165) is 37.5 Å². The topological polar surface area (TPSA) is 24.5 Å². The van der Waals surface area contributed by atoms with E-state index >= 15 is 0 Å². The molecule has 0 amide bonds. The lowest BCUT2D eigenvalue weighted by molar-refractivity contribution is 0.0108. The first-order valence-electron chi connectivity index (χ1n) is 9.12. The van der Waals surface area contributed by atoms with Gasteiger partial charge in [0.05, 0.1) is 12.2 Å². The van der Waals surface area contributed by atoms with Crippen molar-refractivity contribution in [2.24, 2.45) is 11.8 Å². The zero-order valence-corrected chi connectivity index (χ0v) is 14.6. The number of nitrogens with one attached hydrogen (secondary N) is 1. The van der Waals surface area contributed by atoms with Gasteiger partial charge in [0.2, 0.25) is 0 Å². The second kappa shape index (κ2) is 8.50. The van der Waals surface area contributed by atoms with Crippen molar-refractivity contribution in [3.63, 3.8) is 0 Å². The lowest BCUT2D eigenvalue weighted by Gasteiger charge is -2.37. The molecular weight excluding hydrogens is 260 g/mol. The Morgan fingerprint density at radius 3 is 2.52 bits per heavy atom. The molecule has 2 aliphatic rings. The first-order valence-corrected chi connectivity index (χ1v) is 9.12. The molecule has 1 aliphatic heterocycles. The number of rotatable bonds is 7. The zero-order chi connectivity index (χ0) is 15.2. The molecular formula is C18H36N2O. The molecule has 1 heterocycles. The van der Waals surface area contributed by atoms with Gasteiger partial charge in [-0.3, -0.25) is 0 Å². The van der Waals surface area contributed by atoms with Crippen molar-refractivity contribution in [1.82, 2.24) is 10.2 Å². The smallest absolute Gasteiger partial charge is 0.0707 e. The summed E-state index contributed by atoms with van der Waals surface area (Å²) in [6.07, 6.45) is 8.97. The van der Waals surface area contributed by atoms with Gasteiger partial charge in [-0.2, -0.15) is 0 Å². The Balaban J connectivity index is 1.67. The molecule has 4 unspecified atom stereocenters. The molecule has 4 atom stereocenters. The number of hydrogen-bond acceptors (Lipinski definition) is 3. The first kappa shape index (κ1) is 17.2. The highest BCUT2D eigenvalue weighted by molar-refractivity contribution is 4.83. The van der Waals surface area contributed by atoms with E-state index < -0.39 is 0 Å². The monoisotopic (exact) mass is 296 g/mol. The van der Waals surface area contributed by atoms with Gasteiger partial charge in [-0.1, -0.05) is 33.6 Å². The molecule has 0 aromatic heterocycles. The van der Waals surface area contributed by atoms with Crippen molar-refractivity contribution in [2.45, 2.75) is 77.5 Å². The lowest BCUT2D eigenvalue weighted by Crippen LogP contribution is -2.43. The van der Waals surface area contributed by atoms with Crippen molar-refractivity contribution >= 4 is 0 Å². The summed E-state index contributed by atoms with van der Waals surface area (Å²) in [5.74, 6) is 1.58. The van der Waals surface area contributed by atoms with Crippen molar-refractivity contribution in [2.75, 3.05) is 26.7 Å². The van der Waals surface area contributed by atoms with E-state index in [-0.39, 0.29) is 0 Å². The van der Waals surface area contributed by atoms with E-state index in [1.165, 1.54) is 38.5 Å². The third kappa shape index (κ3) is 5.54. The number of hydrogen-bond donors (Lipinski definition) is 1. The zero-order valence-electron chi connectivity index (χ0n) is 14.6. The molecule has 1 aliphatic carbocycles. The van der Waals surface area contributed by atoms with Gasteiger partial charge in [-0.25, -0.2) is 0 Å². The van der Waals surface area contributed by atoms with Crippen molar-refractivity contribution in [3.8, 4) is 0 Å². The fourth-order valence-corrected chi connectivity index (χ4v) is 4.01. The quantitative estimate of drug-likeness (QED) is 0.780. The van der Waals surface area contributed by atoms with Crippen LogP contribution in [0.3, 0.4) is 0 Å². The lowest BCUT2D eigenvalue weighted by atomic mass is 9.85. The normalized spacial score (nSPS) is 34.0. The second-order valence-electron chi connectivity index (χ2n) is 7.78. The van der Waals surface area contributed by atoms with Crippen LogP contribution in [0.4, 0.5) is 0 Å². The molecule has 1 saturated carbocycles. The SMILES string of the molecule is CC(C)CNCC1CCC(CN(C)C2CCCCC2C)O1. The van der Waals surface area contributed by atoms with E-state index in [2.05, 4.69) is 38.0 Å². The van der Waals surface area contributed by atoms with Gasteiger partial charge in [0.15, 0.2) is 0 Å². The van der Waals surface area contributed by atoms with E-state index in [1.54, 1.807) is 0 Å². The Labute approximate surface area is 131 Å². The minimum absolute atomic E-state index is 0.436. The molecule has 0 aromatic carbocycles. The van der Waals surface area contributed by atoms with Crippen LogP contribution in [0, 0.1) is 11.8 Å². The third-order valence-corrected chi connectivity index (χ3v) is 5.24. The van der Waals surface area contributed by atoms with E-state index in [0.29, 0.717) is 12.2 Å². The van der Waals surface area contributed by atoms with Crippen LogP contribution in [-0.4, -0.2) is 49.8 Å². The van der Waals surface area contributed by atoms with Crippen LogP contribution in [0.25, 0.3) is 0 Å². The maximum Gasteiger partial charge on any atom is 0.0707 e. The van der Waals surface area contributed by atoms with Crippen molar-refractivity contribution in [1.29, 1.82) is 0 Å². The average molecular weight is 296 g/mol. The molecule has 124 valence electrons. The molecule has 2 fully saturated rings. The fourth-order valence-electron chi connectivity index (χ4n) is 4.01. The fraction of sp³-hybridized carbons (Fsp3) is 1.00. The minimum atomic E-state index is 0.436. The van der Waals surface area contributed by atoms with Crippen LogP contribution < -0.4 is 5.32 Å². The first-order chi connectivity index (χ1) is 10.1. The van der Waals surface area contributed by atoms with Crippen LogP contribution >= 0.6 is 0 Å². The molecule has 1 saturated heterocycles. The molecule has 21 heavy (non-hydrogen) atoms. The summed E-state index contributed by atoms with van der Waals surface area (Å²) in [6.45, 7) is 10.2. The van der Waals surface area contributed by atoms with Gasteiger partial charge < -0.3 is 15.0 Å². The highest BCUT2D eigenvalue weighted by Crippen LogP contribution is 2.29. The molecule has 1 N–H and O–H groups in total. The predicted molar refractivity (Wildman–Crippen MR) is 89.7 cm³/mol. The summed E-state index contributed by atoms with van der Waals surface area (Å²) in [5, 5.41) is 3.53. The van der Waals surface area contributed by atoms with Crippen LogP contribution in [0.2, 0.25) is 0 Å². The summed E-state index contributed by atoms with van der Waals surface area (Å²) in [6, 6.07) is 0.778. The van der Waals surface area contributed by atoms with E-state index in [4.69, 9.17) is 4.74 Å². The maximum atomic E-state index is 6.24. The molecule has 3 heteroatoms. The predicted octanol–water partition coefficient (Wildman–Crippen LogP) is 3.29. The van der Waals surface area contributed by atoms with E-state index in [1.807, 2.05) is 0 Å². The van der Waals surface area contributed by atoms with Gasteiger partial charge in [-0.05, 0) is 51.1 Å². The minimum Gasteiger partial charge on any atom is -0.372 e. The van der Waals surface area contributed by atoms with E-state index in [9.17, 15) is 0 Å². The molecule has 0 radical (unpaired) electrons. The number of ether oxygens (including phenoxy) is 1. The number of likely N-dealkylation sites (N-methyl/N-ethyl adjacent to an activating group) is 1. The second-order valence-corrected chi connectivity index (χ2v) is 7.78. The molecule has 0 bridgehead atoms. The highest BCUT2D eigenvalue weighted by Gasteiger charge is 2.30. The Bertz CT molecular complexity index is 295. The standard InChI is InChI=1S/C18H36N2O/c1-14(2)11-19-12-16-9-10-17(21-16)13-20(4)18-8-6-5-7-15(18)3/h14-19H,5-13H2,1-4H3. The van der Waals surface area contributed by atoms with Gasteiger partial charge >= 0.3 is 0 Å². The number of nitrogens with zero attached hydrogens (tertiary/aromatic N) is 1. The molecule has 3 nitrogen and oxygen atoms in total. The average Bonchev–Trinajstić information content (AvgIpc) is 2.86. The summed E-state index contributed by atoms with van der Waals surface area (Å²) < 4.78 is 6.24. The van der Waals surface area contributed by atoms with Crippen LogP contribution in [0.1, 0.15) is 59.3 Å². The van der Waals surface area contributed by atoms with Gasteiger partial charge in [-0.15, -0.1) is 0 Å². The van der Waals surface area contributed by atoms with Gasteiger partial charge in [0, 0.05) is 19.1 Å². The summed E-state index contributed by atoms with van der Waals surface area (Å²) in [7, 11) is 2.31. The Morgan fingerprint density at radius 2 is 1.81 bits per heavy atom. The Kier molecular flexibility index (Phi) is 6.97. The van der Waals surface area contributed by atoms with Gasteiger partial charge in [0.1, 0.15) is 0 Å². The van der Waals surface area contributed by atoms with Crippen LogP contribution in [0.5, 0.6) is 0 Å². The van der Waals surface area contributed by atoms with Crippen LogP contribution in [0.15, 0.2) is 0 Å². The van der Waals surface area contributed by atoms with Crippen molar-refractivity contribution in [3.05, 3.63) is 0 Å². The largest absolute Gasteiger partial charge is 0.372 e. The Morgan fingerprint density at radius 1 is 1.10 bits per heavy atom. The van der Waals surface area contributed by atoms with Crippen molar-refractivity contribution < 1.29 is 4.74 Å². The summed E-state index contributed by atoms with van der Waals surface area (Å²) in [5.41, 5.74) is 0. The molecule has 0 aromatic rings. The molecule has 0 spiro atoms. The highest BCUT2D eigenvalue weighted by atomic mass is 16.5.